The highest BCUT2D eigenvalue weighted by molar-refractivity contribution is 6.74. The molecule has 0 aliphatic carbocycles. The van der Waals surface area contributed by atoms with E-state index in [2.05, 4.69) is 54.6 Å². The summed E-state index contributed by atoms with van der Waals surface area (Å²) in [7, 11) is -2.02. The number of aliphatic hydroxyl groups is 1. The zero-order valence-corrected chi connectivity index (χ0v) is 20.1. The van der Waals surface area contributed by atoms with Crippen LogP contribution < -0.4 is 0 Å². The third-order valence-corrected chi connectivity index (χ3v) is 11.2. The Balaban J connectivity index is 2.25. The SMILES string of the molecule is CC(O)[C@@H](O[Si](C)(C)C(C)(C)C)[C@H](C)[C@H]1O[C@H](c2ccccc2)O[C@H](C)[C@@H]1C. The topological polar surface area (TPSA) is 47.9 Å². The molecule has 160 valence electrons. The van der Waals surface area contributed by atoms with Crippen LogP contribution in [-0.2, 0) is 13.9 Å². The molecule has 1 saturated heterocycles. The molecule has 1 aromatic carbocycles. The highest BCUT2D eigenvalue weighted by atomic mass is 28.4. The van der Waals surface area contributed by atoms with Gasteiger partial charge in [-0.25, -0.2) is 0 Å². The molecule has 0 radical (unpaired) electrons. The van der Waals surface area contributed by atoms with Crippen molar-refractivity contribution in [2.75, 3.05) is 0 Å². The van der Waals surface area contributed by atoms with Gasteiger partial charge >= 0.3 is 0 Å². The highest BCUT2D eigenvalue weighted by Gasteiger charge is 2.46. The molecule has 0 aromatic heterocycles. The Hall–Kier alpha value is -0.723. The fourth-order valence-electron chi connectivity index (χ4n) is 3.60. The molecule has 1 N–H and O–H groups in total. The zero-order valence-electron chi connectivity index (χ0n) is 19.1. The van der Waals surface area contributed by atoms with Crippen LogP contribution in [0.4, 0.5) is 0 Å². The lowest BCUT2D eigenvalue weighted by atomic mass is 9.84. The Bertz CT molecular complexity index is 611. The molecule has 0 spiro atoms. The maximum absolute atomic E-state index is 10.6. The van der Waals surface area contributed by atoms with Crippen molar-refractivity contribution < 1.29 is 19.0 Å². The first-order valence-corrected chi connectivity index (χ1v) is 13.5. The van der Waals surface area contributed by atoms with Gasteiger partial charge in [0.2, 0.25) is 0 Å². The first-order valence-electron chi connectivity index (χ1n) is 10.6. The zero-order chi connectivity index (χ0) is 21.3. The van der Waals surface area contributed by atoms with Gasteiger partial charge in [0.15, 0.2) is 14.6 Å². The number of benzene rings is 1. The third kappa shape index (κ3) is 5.25. The fraction of sp³-hybridized carbons (Fsp3) is 0.739. The molecule has 1 fully saturated rings. The third-order valence-electron chi connectivity index (χ3n) is 6.70. The predicted molar refractivity (Wildman–Crippen MR) is 117 cm³/mol. The van der Waals surface area contributed by atoms with Crippen molar-refractivity contribution in [3.8, 4) is 0 Å². The van der Waals surface area contributed by atoms with Crippen molar-refractivity contribution in [1.29, 1.82) is 0 Å². The van der Waals surface area contributed by atoms with E-state index < -0.39 is 14.4 Å². The number of rotatable bonds is 6. The lowest BCUT2D eigenvalue weighted by Crippen LogP contribution is -2.53. The van der Waals surface area contributed by atoms with E-state index in [1.807, 2.05) is 37.3 Å². The van der Waals surface area contributed by atoms with Crippen molar-refractivity contribution in [1.82, 2.24) is 0 Å². The summed E-state index contributed by atoms with van der Waals surface area (Å²) in [6, 6.07) is 10.1. The molecule has 7 atom stereocenters. The first-order chi connectivity index (χ1) is 12.8. The number of aliphatic hydroxyl groups excluding tert-OH is 1. The van der Waals surface area contributed by atoms with Crippen LogP contribution in [0.3, 0.4) is 0 Å². The molecule has 28 heavy (non-hydrogen) atoms. The van der Waals surface area contributed by atoms with E-state index in [0.29, 0.717) is 0 Å². The Morgan fingerprint density at radius 1 is 1.04 bits per heavy atom. The van der Waals surface area contributed by atoms with Crippen LogP contribution in [0, 0.1) is 11.8 Å². The van der Waals surface area contributed by atoms with E-state index in [0.717, 1.165) is 5.56 Å². The monoisotopic (exact) mass is 408 g/mol. The van der Waals surface area contributed by atoms with Gasteiger partial charge in [0.25, 0.3) is 0 Å². The summed E-state index contributed by atoms with van der Waals surface area (Å²) in [4.78, 5) is 0. The molecule has 1 aliphatic rings. The van der Waals surface area contributed by atoms with Crippen LogP contribution in [0.25, 0.3) is 0 Å². The van der Waals surface area contributed by atoms with Crippen molar-refractivity contribution in [3.63, 3.8) is 0 Å². The maximum Gasteiger partial charge on any atom is 0.192 e. The smallest absolute Gasteiger partial charge is 0.192 e. The second-order valence-electron chi connectivity index (χ2n) is 9.99. The molecule has 2 rings (SSSR count). The van der Waals surface area contributed by atoms with Crippen LogP contribution in [0.15, 0.2) is 30.3 Å². The van der Waals surface area contributed by atoms with E-state index >= 15 is 0 Å². The maximum atomic E-state index is 10.6. The molecular formula is C23H40O4Si. The Kier molecular flexibility index (Phi) is 7.54. The minimum Gasteiger partial charge on any atom is -0.411 e. The highest BCUT2D eigenvalue weighted by Crippen LogP contribution is 2.42. The summed E-state index contributed by atoms with van der Waals surface area (Å²) >= 11 is 0. The summed E-state index contributed by atoms with van der Waals surface area (Å²) < 4.78 is 19.3. The Morgan fingerprint density at radius 3 is 2.11 bits per heavy atom. The number of hydrogen-bond acceptors (Lipinski definition) is 4. The van der Waals surface area contributed by atoms with Crippen molar-refractivity contribution in [3.05, 3.63) is 35.9 Å². The molecule has 0 saturated carbocycles. The van der Waals surface area contributed by atoms with Gasteiger partial charge in [-0.2, -0.15) is 0 Å². The van der Waals surface area contributed by atoms with Crippen molar-refractivity contribution >= 4 is 8.32 Å². The minimum absolute atomic E-state index is 0.0432. The Labute approximate surface area is 172 Å². The molecule has 0 amide bonds. The number of hydrogen-bond donors (Lipinski definition) is 1. The molecule has 1 aromatic rings. The van der Waals surface area contributed by atoms with E-state index in [-0.39, 0.29) is 41.5 Å². The molecule has 1 aliphatic heterocycles. The van der Waals surface area contributed by atoms with Crippen molar-refractivity contribution in [2.24, 2.45) is 11.8 Å². The Morgan fingerprint density at radius 2 is 1.61 bits per heavy atom. The van der Waals surface area contributed by atoms with Gasteiger partial charge in [0, 0.05) is 17.4 Å². The summed E-state index contributed by atoms with van der Waals surface area (Å²) in [5.74, 6) is 0.251. The van der Waals surface area contributed by atoms with Crippen LogP contribution in [0.2, 0.25) is 18.1 Å². The van der Waals surface area contributed by atoms with Gasteiger partial charge < -0.3 is 19.0 Å². The molecule has 4 nitrogen and oxygen atoms in total. The van der Waals surface area contributed by atoms with Gasteiger partial charge in [0.05, 0.1) is 24.4 Å². The van der Waals surface area contributed by atoms with Gasteiger partial charge in [0.1, 0.15) is 0 Å². The second-order valence-corrected chi connectivity index (χ2v) is 14.7. The predicted octanol–water partition coefficient (Wildman–Crippen LogP) is 5.53. The normalized spacial score (nSPS) is 29.9. The largest absolute Gasteiger partial charge is 0.411 e. The summed E-state index contributed by atoms with van der Waals surface area (Å²) in [5.41, 5.74) is 1.03. The first kappa shape index (κ1) is 23.6. The van der Waals surface area contributed by atoms with Crippen LogP contribution in [0.1, 0.15) is 60.3 Å². The molecule has 5 heteroatoms. The molecule has 0 bridgehead atoms. The average Bonchev–Trinajstić information content (AvgIpc) is 2.61. The molecule has 1 heterocycles. The van der Waals surface area contributed by atoms with Gasteiger partial charge in [-0.1, -0.05) is 65.0 Å². The standard InChI is InChI=1S/C23H40O4Si/c1-15-18(4)25-22(19-13-11-10-12-14-19)26-20(15)16(2)21(17(3)24)27-28(8,9)23(5,6)7/h10-18,20-22,24H,1-9H3/t15-,16+,17?,18+,20-,21-,22+/m0/s1. The summed E-state index contributed by atoms with van der Waals surface area (Å²) in [6.45, 7) is 19.4. The quantitative estimate of drug-likeness (QED) is 0.629. The van der Waals surface area contributed by atoms with E-state index in [4.69, 9.17) is 13.9 Å². The minimum atomic E-state index is -2.02. The lowest BCUT2D eigenvalue weighted by Gasteiger charge is -2.47. The van der Waals surface area contributed by atoms with Crippen LogP contribution >= 0.6 is 0 Å². The molecular weight excluding hydrogens is 368 g/mol. The lowest BCUT2D eigenvalue weighted by molar-refractivity contribution is -0.283. The van der Waals surface area contributed by atoms with E-state index in [9.17, 15) is 5.11 Å². The van der Waals surface area contributed by atoms with Crippen LogP contribution in [-0.4, -0.2) is 37.8 Å². The summed E-state index contributed by atoms with van der Waals surface area (Å²) in [6.07, 6.45) is -1.21. The van der Waals surface area contributed by atoms with E-state index in [1.54, 1.807) is 0 Å². The average molecular weight is 409 g/mol. The van der Waals surface area contributed by atoms with Gasteiger partial charge in [-0.3, -0.25) is 0 Å². The molecule has 1 unspecified atom stereocenters. The summed E-state index contributed by atoms with van der Waals surface area (Å²) in [5, 5.41) is 10.7. The van der Waals surface area contributed by atoms with Gasteiger partial charge in [-0.15, -0.1) is 0 Å². The van der Waals surface area contributed by atoms with Gasteiger partial charge in [-0.05, 0) is 32.0 Å². The van der Waals surface area contributed by atoms with Crippen molar-refractivity contribution in [2.45, 2.75) is 97.3 Å². The fourth-order valence-corrected chi connectivity index (χ4v) is 5.05. The second kappa shape index (κ2) is 8.96. The number of ether oxygens (including phenoxy) is 2. The van der Waals surface area contributed by atoms with E-state index in [1.165, 1.54) is 0 Å². The van der Waals surface area contributed by atoms with Crippen LogP contribution in [0.5, 0.6) is 0 Å².